The van der Waals surface area contributed by atoms with Crippen molar-refractivity contribution in [1.82, 2.24) is 4.90 Å². The van der Waals surface area contributed by atoms with Crippen molar-refractivity contribution in [2.45, 2.75) is 24.9 Å². The van der Waals surface area contributed by atoms with Crippen LogP contribution in [0.3, 0.4) is 0 Å². The van der Waals surface area contributed by atoms with Gasteiger partial charge in [0.25, 0.3) is 0 Å². The number of urea groups is 1. The second-order valence-corrected chi connectivity index (χ2v) is 5.96. The summed E-state index contributed by atoms with van der Waals surface area (Å²) in [6.45, 7) is 0. The lowest BCUT2D eigenvalue weighted by Gasteiger charge is -2.23. The van der Waals surface area contributed by atoms with E-state index < -0.39 is 0 Å². The van der Waals surface area contributed by atoms with Gasteiger partial charge in [0, 0.05) is 16.3 Å². The summed E-state index contributed by atoms with van der Waals surface area (Å²) < 4.78 is 1.22. The van der Waals surface area contributed by atoms with Crippen molar-refractivity contribution in [3.05, 3.63) is 35.2 Å². The molecule has 2 heterocycles. The average molecular weight is 271 g/mol. The standard InChI is InChI=1S/C14H13N3OS/c15-13-12(17(8-5-6-8)14(18)16-13)10-7-19-11-4-2-1-3-9(10)11/h1-4,7-8,12H,5-6H2,(H2,15,16,18). The van der Waals surface area contributed by atoms with Crippen LogP contribution in [0.5, 0.6) is 0 Å². The molecule has 1 aromatic carbocycles. The quantitative estimate of drug-likeness (QED) is 0.913. The molecule has 0 saturated heterocycles. The summed E-state index contributed by atoms with van der Waals surface area (Å²) in [4.78, 5) is 17.8. The fraction of sp³-hybridized carbons (Fsp3) is 0.286. The molecule has 2 aliphatic rings. The van der Waals surface area contributed by atoms with Crippen LogP contribution in [-0.4, -0.2) is 22.8 Å². The Kier molecular flexibility index (Phi) is 2.20. The highest BCUT2D eigenvalue weighted by Gasteiger charge is 2.44. The zero-order valence-electron chi connectivity index (χ0n) is 10.2. The molecule has 1 aliphatic carbocycles. The first-order valence-corrected chi connectivity index (χ1v) is 7.26. The maximum Gasteiger partial charge on any atom is 0.346 e. The van der Waals surface area contributed by atoms with Gasteiger partial charge in [0.05, 0.1) is 0 Å². The first-order chi connectivity index (χ1) is 9.25. The first-order valence-electron chi connectivity index (χ1n) is 6.38. The second kappa shape index (κ2) is 3.81. The van der Waals surface area contributed by atoms with Gasteiger partial charge in [0.15, 0.2) is 0 Å². The normalized spacial score (nSPS) is 23.2. The molecule has 2 amide bonds. The van der Waals surface area contributed by atoms with Crippen molar-refractivity contribution < 1.29 is 4.79 Å². The van der Waals surface area contributed by atoms with E-state index in [1.54, 1.807) is 11.3 Å². The number of amides is 2. The molecule has 2 aromatic rings. The van der Waals surface area contributed by atoms with E-state index in [1.165, 1.54) is 10.1 Å². The number of nitrogens with zero attached hydrogens (tertiary/aromatic N) is 2. The van der Waals surface area contributed by atoms with E-state index >= 15 is 0 Å². The Hall–Kier alpha value is -1.88. The van der Waals surface area contributed by atoms with Crippen LogP contribution in [0.4, 0.5) is 4.79 Å². The number of hydrogen-bond donors (Lipinski definition) is 1. The van der Waals surface area contributed by atoms with Crippen LogP contribution in [0.15, 0.2) is 34.6 Å². The van der Waals surface area contributed by atoms with Gasteiger partial charge in [-0.3, -0.25) is 0 Å². The van der Waals surface area contributed by atoms with Gasteiger partial charge in [-0.2, -0.15) is 4.99 Å². The largest absolute Gasteiger partial charge is 0.385 e. The molecule has 5 heteroatoms. The Labute approximate surface area is 114 Å². The van der Waals surface area contributed by atoms with E-state index in [0.717, 1.165) is 18.4 Å². The van der Waals surface area contributed by atoms with Gasteiger partial charge in [-0.05, 0) is 29.7 Å². The van der Waals surface area contributed by atoms with Crippen molar-refractivity contribution in [2.75, 3.05) is 0 Å². The predicted molar refractivity (Wildman–Crippen MR) is 76.4 cm³/mol. The molecular formula is C14H13N3OS. The maximum absolute atomic E-state index is 12.0. The monoisotopic (exact) mass is 271 g/mol. The molecule has 1 aliphatic heterocycles. The molecule has 2 N–H and O–H groups in total. The molecule has 96 valence electrons. The van der Waals surface area contributed by atoms with Gasteiger partial charge >= 0.3 is 6.03 Å². The number of hydrogen-bond acceptors (Lipinski definition) is 3. The number of thiophene rings is 1. The third kappa shape index (κ3) is 1.58. The fourth-order valence-corrected chi connectivity index (χ4v) is 3.70. The highest BCUT2D eigenvalue weighted by Crippen LogP contribution is 2.41. The SMILES string of the molecule is NC1=NC(=O)N(C2CC2)C1c1csc2ccccc12. The molecule has 0 radical (unpaired) electrons. The Bertz CT molecular complexity index is 702. The van der Waals surface area contributed by atoms with E-state index in [1.807, 2.05) is 17.0 Å². The summed E-state index contributed by atoms with van der Waals surface area (Å²) in [5, 5.41) is 3.28. The molecule has 1 saturated carbocycles. The number of benzene rings is 1. The number of rotatable bonds is 2. The van der Waals surface area contributed by atoms with E-state index in [4.69, 9.17) is 5.73 Å². The van der Waals surface area contributed by atoms with Crippen LogP contribution < -0.4 is 5.73 Å². The Balaban J connectivity index is 1.86. The lowest BCUT2D eigenvalue weighted by molar-refractivity contribution is 0.204. The van der Waals surface area contributed by atoms with E-state index in [2.05, 4.69) is 22.5 Å². The topological polar surface area (TPSA) is 58.7 Å². The van der Waals surface area contributed by atoms with Crippen LogP contribution >= 0.6 is 11.3 Å². The minimum Gasteiger partial charge on any atom is -0.385 e. The summed E-state index contributed by atoms with van der Waals surface area (Å²) in [5.74, 6) is 0.431. The molecule has 0 spiro atoms. The lowest BCUT2D eigenvalue weighted by atomic mass is 10.0. The molecule has 4 nitrogen and oxygen atoms in total. The zero-order valence-corrected chi connectivity index (χ0v) is 11.1. The maximum atomic E-state index is 12.0. The molecule has 0 bridgehead atoms. The minimum atomic E-state index is -0.180. The van der Waals surface area contributed by atoms with Crippen LogP contribution in [0, 0.1) is 0 Å². The van der Waals surface area contributed by atoms with Crippen molar-refractivity contribution >= 4 is 33.3 Å². The zero-order chi connectivity index (χ0) is 13.0. The van der Waals surface area contributed by atoms with E-state index in [0.29, 0.717) is 11.9 Å². The number of carbonyl (C=O) groups excluding carboxylic acids is 1. The van der Waals surface area contributed by atoms with Crippen LogP contribution in [0.2, 0.25) is 0 Å². The van der Waals surface area contributed by atoms with Gasteiger partial charge in [-0.15, -0.1) is 11.3 Å². The third-order valence-corrected chi connectivity index (χ3v) is 4.73. The fourth-order valence-electron chi connectivity index (χ4n) is 2.72. The van der Waals surface area contributed by atoms with Gasteiger partial charge < -0.3 is 10.6 Å². The number of fused-ring (bicyclic) bond motifs is 1. The minimum absolute atomic E-state index is 0.170. The second-order valence-electron chi connectivity index (χ2n) is 5.05. The summed E-state index contributed by atoms with van der Waals surface area (Å²) in [7, 11) is 0. The summed E-state index contributed by atoms with van der Waals surface area (Å²) in [5.41, 5.74) is 7.11. The summed E-state index contributed by atoms with van der Waals surface area (Å²) in [6, 6.07) is 8.19. The van der Waals surface area contributed by atoms with Crippen LogP contribution in [0.1, 0.15) is 24.4 Å². The molecular weight excluding hydrogens is 258 g/mol. The third-order valence-electron chi connectivity index (χ3n) is 3.75. The Morgan fingerprint density at radius 2 is 2.11 bits per heavy atom. The van der Waals surface area contributed by atoms with Crippen LogP contribution in [0.25, 0.3) is 10.1 Å². The average Bonchev–Trinajstić information content (AvgIpc) is 3.08. The number of aliphatic imine (C=N–C) groups is 1. The summed E-state index contributed by atoms with van der Waals surface area (Å²) >= 11 is 1.69. The Morgan fingerprint density at radius 3 is 2.89 bits per heavy atom. The number of amidine groups is 1. The van der Waals surface area contributed by atoms with Crippen molar-refractivity contribution in [3.63, 3.8) is 0 Å². The number of nitrogens with two attached hydrogens (primary N) is 1. The van der Waals surface area contributed by atoms with Gasteiger partial charge in [-0.25, -0.2) is 4.79 Å². The molecule has 1 fully saturated rings. The smallest absolute Gasteiger partial charge is 0.346 e. The van der Waals surface area contributed by atoms with Crippen molar-refractivity contribution in [2.24, 2.45) is 10.7 Å². The number of carbonyl (C=O) groups is 1. The molecule has 4 rings (SSSR count). The van der Waals surface area contributed by atoms with Crippen molar-refractivity contribution in [1.29, 1.82) is 0 Å². The molecule has 19 heavy (non-hydrogen) atoms. The molecule has 1 aromatic heterocycles. The van der Waals surface area contributed by atoms with Gasteiger partial charge in [0.1, 0.15) is 11.9 Å². The van der Waals surface area contributed by atoms with Crippen molar-refractivity contribution in [3.8, 4) is 0 Å². The van der Waals surface area contributed by atoms with E-state index in [-0.39, 0.29) is 12.1 Å². The Morgan fingerprint density at radius 1 is 1.32 bits per heavy atom. The highest BCUT2D eigenvalue weighted by molar-refractivity contribution is 7.17. The molecule has 1 unspecified atom stereocenters. The first kappa shape index (κ1) is 11.0. The van der Waals surface area contributed by atoms with Crippen LogP contribution in [-0.2, 0) is 0 Å². The summed E-state index contributed by atoms with van der Waals surface area (Å²) in [6.07, 6.45) is 2.13. The van der Waals surface area contributed by atoms with Gasteiger partial charge in [-0.1, -0.05) is 18.2 Å². The lowest BCUT2D eigenvalue weighted by Crippen LogP contribution is -2.34. The molecule has 1 atom stereocenters. The van der Waals surface area contributed by atoms with Gasteiger partial charge in [0.2, 0.25) is 0 Å². The highest BCUT2D eigenvalue weighted by atomic mass is 32.1. The predicted octanol–water partition coefficient (Wildman–Crippen LogP) is 2.90. The van der Waals surface area contributed by atoms with E-state index in [9.17, 15) is 4.79 Å².